The first kappa shape index (κ1) is 3.68. The van der Waals surface area contributed by atoms with Crippen molar-refractivity contribution in [2.45, 2.75) is 0 Å². The van der Waals surface area contributed by atoms with E-state index in [9.17, 15) is 0 Å². The van der Waals surface area contributed by atoms with Crippen LogP contribution < -0.4 is 5.57 Å². The molecule has 1 heterocycles. The van der Waals surface area contributed by atoms with E-state index < -0.39 is 0 Å². The molecule has 0 aromatic carbocycles. The molecule has 4 nitrogen and oxygen atoms in total. The average Bonchev–Trinajstić information content (AvgIpc) is 1.86. The number of hydrogen-bond acceptors (Lipinski definition) is 3. The Morgan fingerprint density at radius 1 is 1.67 bits per heavy atom. The van der Waals surface area contributed by atoms with Crippen molar-refractivity contribution in [1.82, 2.24) is 20.6 Å². The lowest BCUT2D eigenvalue weighted by molar-refractivity contribution is 0.881. The smallest absolute Gasteiger partial charge is 0.174 e. The first-order valence-corrected chi connectivity index (χ1v) is 2.16. The molecule has 1 N–H and O–H groups in total. The molecule has 0 amide bonds. The van der Waals surface area contributed by atoms with Gasteiger partial charge < -0.3 is 0 Å². The quantitative estimate of drug-likeness (QED) is 0.404. The molecule has 0 aliphatic rings. The number of rotatable bonds is 0. The third-order valence-corrected chi connectivity index (χ3v) is 0.689. The minimum absolute atomic E-state index is 0.704. The normalized spacial score (nSPS) is 9.33. The van der Waals surface area contributed by atoms with Gasteiger partial charge in [0.25, 0.3) is 0 Å². The van der Waals surface area contributed by atoms with Crippen LogP contribution in [0.4, 0.5) is 0 Å². The molecule has 1 rings (SSSR count). The van der Waals surface area contributed by atoms with Crippen LogP contribution in [0.15, 0.2) is 0 Å². The van der Waals surface area contributed by atoms with Crippen LogP contribution in [0.5, 0.6) is 0 Å². The van der Waals surface area contributed by atoms with Crippen molar-refractivity contribution in [3.63, 3.8) is 0 Å². The Balaban J connectivity index is 3.05. The second kappa shape index (κ2) is 1.30. The van der Waals surface area contributed by atoms with E-state index in [0.717, 1.165) is 0 Å². The Morgan fingerprint density at radius 2 is 2.50 bits per heavy atom. The number of H-pyrrole nitrogens is 1. The topological polar surface area (TPSA) is 54.5 Å². The third-order valence-electron chi connectivity index (χ3n) is 0.389. The van der Waals surface area contributed by atoms with E-state index in [0.29, 0.717) is 5.57 Å². The second-order valence-electron chi connectivity index (χ2n) is 0.828. The molecule has 6 heavy (non-hydrogen) atoms. The molecule has 0 spiro atoms. The largest absolute Gasteiger partial charge is 0.306 e. The monoisotopic (exact) mass is 103 g/mol. The van der Waals surface area contributed by atoms with Gasteiger partial charge in [-0.2, -0.15) is 5.21 Å². The number of hydrogen-bond donors (Lipinski definition) is 1. The molecule has 32 valence electrons. The predicted molar refractivity (Wildman–Crippen MR) is 24.9 cm³/mol. The van der Waals surface area contributed by atoms with Crippen LogP contribution in [0.2, 0.25) is 0 Å². The van der Waals surface area contributed by atoms with E-state index in [1.54, 1.807) is 9.24 Å². The van der Waals surface area contributed by atoms with E-state index in [1.807, 2.05) is 0 Å². The number of aromatic amines is 1. The van der Waals surface area contributed by atoms with Crippen molar-refractivity contribution in [3.8, 4) is 0 Å². The highest BCUT2D eigenvalue weighted by atomic mass is 31.0. The molecule has 0 aliphatic carbocycles. The summed E-state index contributed by atoms with van der Waals surface area (Å²) in [5.41, 5.74) is 0.704. The second-order valence-corrected chi connectivity index (χ2v) is 1.46. The summed E-state index contributed by atoms with van der Waals surface area (Å²) in [4.78, 5) is 0. The SMILES string of the molecule is [PH3+]c1nn[nH]n1. The summed E-state index contributed by atoms with van der Waals surface area (Å²) >= 11 is 0. The highest BCUT2D eigenvalue weighted by molar-refractivity contribution is 7.26. The van der Waals surface area contributed by atoms with Gasteiger partial charge >= 0.3 is 5.57 Å². The van der Waals surface area contributed by atoms with E-state index in [-0.39, 0.29) is 0 Å². The van der Waals surface area contributed by atoms with Crippen molar-refractivity contribution in [3.05, 3.63) is 0 Å². The molecule has 0 aliphatic heterocycles. The summed E-state index contributed by atoms with van der Waals surface area (Å²) in [7, 11) is 1.59. The number of tetrazole rings is 1. The highest BCUT2D eigenvalue weighted by Crippen LogP contribution is 1.66. The Hall–Kier alpha value is -0.500. The summed E-state index contributed by atoms with van der Waals surface area (Å²) in [6.07, 6.45) is 0. The fourth-order valence-corrected chi connectivity index (χ4v) is 0.324. The Kier molecular flexibility index (Phi) is 0.801. The van der Waals surface area contributed by atoms with Gasteiger partial charge in [0.15, 0.2) is 0 Å². The van der Waals surface area contributed by atoms with Crippen molar-refractivity contribution in [2.24, 2.45) is 0 Å². The average molecular weight is 103 g/mol. The Bertz CT molecular complexity index is 111. The molecule has 5 heteroatoms. The molecular formula is CH4N4P+. The summed E-state index contributed by atoms with van der Waals surface area (Å²) < 4.78 is 0. The molecule has 0 fully saturated rings. The van der Waals surface area contributed by atoms with Crippen LogP contribution in [0.1, 0.15) is 0 Å². The van der Waals surface area contributed by atoms with Crippen molar-refractivity contribution >= 4 is 14.8 Å². The number of nitrogens with one attached hydrogen (secondary N) is 1. The van der Waals surface area contributed by atoms with Gasteiger partial charge in [-0.1, -0.05) is 10.2 Å². The Labute approximate surface area is 36.5 Å². The summed E-state index contributed by atoms with van der Waals surface area (Å²) in [6, 6.07) is 0. The summed E-state index contributed by atoms with van der Waals surface area (Å²) in [6.45, 7) is 0. The maximum absolute atomic E-state index is 3.58. The van der Waals surface area contributed by atoms with Crippen molar-refractivity contribution in [1.29, 1.82) is 0 Å². The van der Waals surface area contributed by atoms with Gasteiger partial charge in [-0.25, -0.2) is 0 Å². The first-order valence-electron chi connectivity index (χ1n) is 1.45. The van der Waals surface area contributed by atoms with Gasteiger partial charge in [0.2, 0.25) is 0 Å². The zero-order chi connectivity index (χ0) is 4.41. The maximum atomic E-state index is 3.58. The van der Waals surface area contributed by atoms with Gasteiger partial charge in [0.05, 0.1) is 9.24 Å². The minimum Gasteiger partial charge on any atom is -0.174 e. The van der Waals surface area contributed by atoms with Crippen LogP contribution in [-0.2, 0) is 0 Å². The fraction of sp³-hybridized carbons (Fsp3) is 0. The molecule has 0 bridgehead atoms. The van der Waals surface area contributed by atoms with Crippen LogP contribution in [-0.4, -0.2) is 20.6 Å². The summed E-state index contributed by atoms with van der Waals surface area (Å²) in [5, 5.41) is 12.8. The molecular weight excluding hydrogens is 99.0 g/mol. The van der Waals surface area contributed by atoms with Crippen LogP contribution in [0, 0.1) is 0 Å². The van der Waals surface area contributed by atoms with Crippen LogP contribution >= 0.6 is 9.24 Å². The molecule has 0 saturated heterocycles. The van der Waals surface area contributed by atoms with Crippen LogP contribution in [0.25, 0.3) is 0 Å². The fourth-order valence-electron chi connectivity index (χ4n) is 0.183. The van der Waals surface area contributed by atoms with Gasteiger partial charge in [-0.05, 0) is 5.21 Å². The zero-order valence-electron chi connectivity index (χ0n) is 3.05. The zero-order valence-corrected chi connectivity index (χ0v) is 4.46. The predicted octanol–water partition coefficient (Wildman–Crippen LogP) is -1.57. The molecule has 1 aromatic heterocycles. The summed E-state index contributed by atoms with van der Waals surface area (Å²) in [5.74, 6) is 0. The van der Waals surface area contributed by atoms with Gasteiger partial charge in [-0.3, -0.25) is 0 Å². The van der Waals surface area contributed by atoms with E-state index in [2.05, 4.69) is 20.6 Å². The van der Waals surface area contributed by atoms with E-state index >= 15 is 0 Å². The molecule has 1 atom stereocenters. The van der Waals surface area contributed by atoms with Gasteiger partial charge in [0.1, 0.15) is 0 Å². The van der Waals surface area contributed by atoms with E-state index in [1.165, 1.54) is 0 Å². The molecule has 0 saturated carbocycles. The number of aromatic nitrogens is 4. The lowest BCUT2D eigenvalue weighted by Gasteiger charge is -1.52. The van der Waals surface area contributed by atoms with Crippen molar-refractivity contribution < 1.29 is 0 Å². The lowest BCUT2D eigenvalue weighted by atomic mass is 11.4. The molecule has 1 unspecified atom stereocenters. The minimum atomic E-state index is 0.704. The van der Waals surface area contributed by atoms with E-state index in [4.69, 9.17) is 0 Å². The Morgan fingerprint density at radius 3 is 2.67 bits per heavy atom. The highest BCUT2D eigenvalue weighted by Gasteiger charge is 1.85. The third kappa shape index (κ3) is 0.518. The van der Waals surface area contributed by atoms with Gasteiger partial charge in [0, 0.05) is 0 Å². The lowest BCUT2D eigenvalue weighted by Crippen LogP contribution is -1.92. The van der Waals surface area contributed by atoms with Gasteiger partial charge in [-0.15, -0.1) is 0 Å². The standard InChI is InChI=1S/CH3N4P/c6-1-2-4-5-3-1/h6H2,(H,2,3,4,5)/p+1. The van der Waals surface area contributed by atoms with Crippen LogP contribution in [0.3, 0.4) is 0 Å². The molecule has 1 aromatic rings. The molecule has 0 radical (unpaired) electrons. The number of nitrogens with zero attached hydrogens (tertiary/aromatic N) is 3. The first-order chi connectivity index (χ1) is 2.89. The maximum Gasteiger partial charge on any atom is 0.306 e. The van der Waals surface area contributed by atoms with Crippen molar-refractivity contribution in [2.75, 3.05) is 0 Å².